The molecule has 0 spiro atoms. The Balaban J connectivity index is 4.19. The number of hydrogen-bond acceptors (Lipinski definition) is 1. The maximum absolute atomic E-state index is 5.53. The maximum Gasteiger partial charge on any atom is 0.102 e. The molecule has 1 nitrogen and oxygen atoms in total. The van der Waals surface area contributed by atoms with E-state index in [0.717, 1.165) is 5.76 Å². The minimum Gasteiger partial charge on any atom is -0.492 e. The Morgan fingerprint density at radius 1 is 1.23 bits per heavy atom. The van der Waals surface area contributed by atoms with Crippen LogP contribution in [0.3, 0.4) is 0 Å². The van der Waals surface area contributed by atoms with Crippen LogP contribution in [0.2, 0.25) is 0 Å². The molecule has 0 atom stereocenters. The fourth-order valence-electron chi connectivity index (χ4n) is 0.749. The minimum atomic E-state index is -0.154. The van der Waals surface area contributed by atoms with Crippen LogP contribution in [0.1, 0.15) is 34.6 Å². The summed E-state index contributed by atoms with van der Waals surface area (Å²) in [6, 6.07) is 0. The van der Waals surface area contributed by atoms with Crippen molar-refractivity contribution in [1.82, 2.24) is 0 Å². The average molecular weight is 176 g/mol. The van der Waals surface area contributed by atoms with Crippen molar-refractivity contribution in [2.75, 3.05) is 0 Å². The van der Waals surface area contributed by atoms with Crippen LogP contribution in [0.4, 0.5) is 0 Å². The molecule has 0 N–H and O–H groups in total. The third-order valence-electron chi connectivity index (χ3n) is 1.00. The average Bonchev–Trinajstić information content (AvgIpc) is 1.94. The molecule has 13 heavy (non-hydrogen) atoms. The van der Waals surface area contributed by atoms with E-state index in [2.05, 4.69) is 23.7 Å². The van der Waals surface area contributed by atoms with Crippen molar-refractivity contribution in [2.45, 2.75) is 40.2 Å². The lowest BCUT2D eigenvalue weighted by molar-refractivity contribution is 0.0536. The highest BCUT2D eigenvalue weighted by Gasteiger charge is 2.10. The quantitative estimate of drug-likeness (QED) is 0.441. The van der Waals surface area contributed by atoms with Crippen molar-refractivity contribution >= 4 is 0 Å². The van der Waals surface area contributed by atoms with Gasteiger partial charge in [-0.25, -0.2) is 0 Å². The van der Waals surface area contributed by atoms with Crippen molar-refractivity contribution in [3.63, 3.8) is 0 Å². The third-order valence-corrected chi connectivity index (χ3v) is 1.00. The summed E-state index contributed by atoms with van der Waals surface area (Å²) < 4.78 is 5.53. The van der Waals surface area contributed by atoms with Gasteiger partial charge in [-0.2, -0.15) is 0 Å². The molecule has 0 amide bonds. The summed E-state index contributed by atoms with van der Waals surface area (Å²) in [5, 5.41) is 0. The molecule has 0 aromatic rings. The van der Waals surface area contributed by atoms with E-state index in [9.17, 15) is 0 Å². The monoisotopic (exact) mass is 176 g/mol. The number of rotatable bonds is 1. The summed E-state index contributed by atoms with van der Waals surface area (Å²) in [6.07, 6.45) is 1.73. The zero-order valence-corrected chi connectivity index (χ0v) is 8.99. The first-order valence-electron chi connectivity index (χ1n) is 4.24. The SMILES string of the molecule is CC#CC#CC=C(C)OC(C)(C)C. The van der Waals surface area contributed by atoms with Gasteiger partial charge < -0.3 is 4.74 Å². The lowest BCUT2D eigenvalue weighted by atomic mass is 10.2. The second-order valence-electron chi connectivity index (χ2n) is 3.61. The summed E-state index contributed by atoms with van der Waals surface area (Å²) >= 11 is 0. The van der Waals surface area contributed by atoms with E-state index in [0.29, 0.717) is 0 Å². The van der Waals surface area contributed by atoms with Gasteiger partial charge in [-0.1, -0.05) is 11.8 Å². The van der Waals surface area contributed by atoms with Crippen LogP contribution in [0.15, 0.2) is 11.8 Å². The normalized spacial score (nSPS) is 10.7. The van der Waals surface area contributed by atoms with E-state index in [1.165, 1.54) is 0 Å². The van der Waals surface area contributed by atoms with E-state index in [4.69, 9.17) is 4.74 Å². The summed E-state index contributed by atoms with van der Waals surface area (Å²) in [6.45, 7) is 9.66. The number of hydrogen-bond donors (Lipinski definition) is 0. The number of allylic oxidation sites excluding steroid dienone is 2. The summed E-state index contributed by atoms with van der Waals surface area (Å²) in [5.41, 5.74) is -0.154. The van der Waals surface area contributed by atoms with Crippen LogP contribution < -0.4 is 0 Å². The second kappa shape index (κ2) is 5.33. The molecule has 0 aliphatic rings. The van der Waals surface area contributed by atoms with Gasteiger partial charge in [0.05, 0.1) is 0 Å². The molecule has 0 saturated carbocycles. The molecule has 0 bridgehead atoms. The third kappa shape index (κ3) is 8.57. The molecule has 0 fully saturated rings. The van der Waals surface area contributed by atoms with E-state index in [-0.39, 0.29) is 5.60 Å². The largest absolute Gasteiger partial charge is 0.492 e. The molecule has 0 aliphatic carbocycles. The Hall–Kier alpha value is -1.34. The van der Waals surface area contributed by atoms with E-state index in [1.807, 2.05) is 27.7 Å². The molecule has 0 unspecified atom stereocenters. The molecule has 0 aromatic carbocycles. The van der Waals surface area contributed by atoms with Gasteiger partial charge >= 0.3 is 0 Å². The molecular formula is C12H16O. The van der Waals surface area contributed by atoms with Crippen molar-refractivity contribution < 1.29 is 4.74 Å². The first-order chi connectivity index (χ1) is 5.95. The van der Waals surface area contributed by atoms with Gasteiger partial charge in [0, 0.05) is 6.08 Å². The molecule has 70 valence electrons. The highest BCUT2D eigenvalue weighted by atomic mass is 16.5. The van der Waals surface area contributed by atoms with Gasteiger partial charge in [0.1, 0.15) is 11.4 Å². The maximum atomic E-state index is 5.53. The van der Waals surface area contributed by atoms with Crippen molar-refractivity contribution in [1.29, 1.82) is 0 Å². The highest BCUT2D eigenvalue weighted by molar-refractivity contribution is 5.30. The van der Waals surface area contributed by atoms with E-state index < -0.39 is 0 Å². The van der Waals surface area contributed by atoms with Crippen LogP contribution in [0.25, 0.3) is 0 Å². The molecular weight excluding hydrogens is 160 g/mol. The predicted molar refractivity (Wildman–Crippen MR) is 55.8 cm³/mol. The molecule has 0 aromatic heterocycles. The Morgan fingerprint density at radius 3 is 2.31 bits per heavy atom. The second-order valence-corrected chi connectivity index (χ2v) is 3.61. The van der Waals surface area contributed by atoms with Crippen LogP contribution in [-0.4, -0.2) is 5.60 Å². The van der Waals surface area contributed by atoms with Gasteiger partial charge in [0.25, 0.3) is 0 Å². The van der Waals surface area contributed by atoms with Crippen LogP contribution >= 0.6 is 0 Å². The Labute approximate surface area is 81.2 Å². The molecule has 0 heterocycles. The zero-order valence-electron chi connectivity index (χ0n) is 8.99. The van der Waals surface area contributed by atoms with Crippen LogP contribution in [-0.2, 0) is 4.74 Å². The molecule has 0 saturated heterocycles. The minimum absolute atomic E-state index is 0.154. The van der Waals surface area contributed by atoms with Crippen LogP contribution in [0.5, 0.6) is 0 Å². The molecule has 0 rings (SSSR count). The summed E-state index contributed by atoms with van der Waals surface area (Å²) in [5.74, 6) is 11.7. The fourth-order valence-corrected chi connectivity index (χ4v) is 0.749. The van der Waals surface area contributed by atoms with E-state index in [1.54, 1.807) is 13.0 Å². The van der Waals surface area contributed by atoms with Crippen molar-refractivity contribution in [2.24, 2.45) is 0 Å². The lowest BCUT2D eigenvalue weighted by Crippen LogP contribution is -2.17. The summed E-state index contributed by atoms with van der Waals surface area (Å²) in [7, 11) is 0. The molecule has 1 heteroatoms. The first-order valence-corrected chi connectivity index (χ1v) is 4.24. The Morgan fingerprint density at radius 2 is 1.85 bits per heavy atom. The zero-order chi connectivity index (χ0) is 10.3. The molecule has 0 aliphatic heterocycles. The Bertz CT molecular complexity index is 294. The Kier molecular flexibility index (Phi) is 4.78. The molecule has 0 radical (unpaired) electrons. The van der Waals surface area contributed by atoms with Gasteiger partial charge in [0.2, 0.25) is 0 Å². The highest BCUT2D eigenvalue weighted by Crippen LogP contribution is 2.12. The van der Waals surface area contributed by atoms with Crippen molar-refractivity contribution in [3.05, 3.63) is 11.8 Å². The number of ether oxygens (including phenoxy) is 1. The van der Waals surface area contributed by atoms with Gasteiger partial charge in [-0.15, -0.1) is 0 Å². The van der Waals surface area contributed by atoms with E-state index >= 15 is 0 Å². The van der Waals surface area contributed by atoms with Gasteiger partial charge in [-0.3, -0.25) is 0 Å². The van der Waals surface area contributed by atoms with Crippen LogP contribution in [0, 0.1) is 23.7 Å². The smallest absolute Gasteiger partial charge is 0.102 e. The van der Waals surface area contributed by atoms with Gasteiger partial charge in [-0.05, 0) is 46.5 Å². The first kappa shape index (κ1) is 11.7. The van der Waals surface area contributed by atoms with Crippen molar-refractivity contribution in [3.8, 4) is 23.7 Å². The topological polar surface area (TPSA) is 9.23 Å². The summed E-state index contributed by atoms with van der Waals surface area (Å²) in [4.78, 5) is 0. The standard InChI is InChI=1S/C12H16O/c1-6-7-8-9-10-11(2)13-12(3,4)5/h10H,1-5H3. The lowest BCUT2D eigenvalue weighted by Gasteiger charge is -2.20. The fraction of sp³-hybridized carbons (Fsp3) is 0.500. The van der Waals surface area contributed by atoms with Gasteiger partial charge in [0.15, 0.2) is 0 Å². The predicted octanol–water partition coefficient (Wildman–Crippen LogP) is 2.73.